The summed E-state index contributed by atoms with van der Waals surface area (Å²) in [6.07, 6.45) is 2.39. The summed E-state index contributed by atoms with van der Waals surface area (Å²) in [4.78, 5) is 11.8. The van der Waals surface area contributed by atoms with Crippen molar-refractivity contribution in [2.45, 2.75) is 44.8 Å². The van der Waals surface area contributed by atoms with Gasteiger partial charge in [0, 0.05) is 0 Å². The average molecular weight is 299 g/mol. The van der Waals surface area contributed by atoms with Crippen LogP contribution in [0.5, 0.6) is 5.75 Å². The van der Waals surface area contributed by atoms with E-state index in [1.54, 1.807) is 0 Å². The van der Waals surface area contributed by atoms with E-state index >= 15 is 0 Å². The molecule has 112 valence electrons. The van der Waals surface area contributed by atoms with Gasteiger partial charge in [-0.15, -0.1) is 12.4 Å². The van der Waals surface area contributed by atoms with E-state index in [9.17, 15) is 4.79 Å². The highest BCUT2D eigenvalue weighted by Crippen LogP contribution is 2.32. The van der Waals surface area contributed by atoms with Crippen LogP contribution in [0.15, 0.2) is 24.3 Å². The van der Waals surface area contributed by atoms with Gasteiger partial charge in [-0.25, -0.2) is 0 Å². The number of benzene rings is 1. The molecule has 0 saturated heterocycles. The van der Waals surface area contributed by atoms with Crippen LogP contribution in [0.1, 0.15) is 31.7 Å². The van der Waals surface area contributed by atoms with Crippen molar-refractivity contribution in [2.75, 3.05) is 6.54 Å². The minimum Gasteiger partial charge on any atom is -0.488 e. The second kappa shape index (κ2) is 6.95. The van der Waals surface area contributed by atoms with Gasteiger partial charge in [-0.05, 0) is 37.8 Å². The van der Waals surface area contributed by atoms with Crippen LogP contribution in [-0.4, -0.2) is 24.1 Å². The number of nitrogens with one attached hydrogen (secondary N) is 1. The Morgan fingerprint density at radius 1 is 1.45 bits per heavy atom. The number of hydrogen-bond donors (Lipinski definition) is 2. The lowest BCUT2D eigenvalue weighted by atomic mass is 10.2. The number of rotatable bonds is 6. The van der Waals surface area contributed by atoms with Crippen LogP contribution in [0.25, 0.3) is 0 Å². The minimum atomic E-state index is -0.610. The highest BCUT2D eigenvalue weighted by Gasteiger charge is 2.45. The van der Waals surface area contributed by atoms with Crippen molar-refractivity contribution >= 4 is 18.3 Å². The summed E-state index contributed by atoms with van der Waals surface area (Å²) < 4.78 is 5.92. The van der Waals surface area contributed by atoms with Crippen LogP contribution in [0.3, 0.4) is 0 Å². The monoisotopic (exact) mass is 298 g/mol. The van der Waals surface area contributed by atoms with E-state index in [0.29, 0.717) is 6.54 Å². The summed E-state index contributed by atoms with van der Waals surface area (Å²) >= 11 is 0. The number of amides is 1. The lowest BCUT2D eigenvalue weighted by Crippen LogP contribution is -2.46. The quantitative estimate of drug-likeness (QED) is 0.846. The van der Waals surface area contributed by atoms with E-state index < -0.39 is 5.54 Å². The summed E-state index contributed by atoms with van der Waals surface area (Å²) in [6.45, 7) is 4.56. The number of halogens is 1. The summed E-state index contributed by atoms with van der Waals surface area (Å²) in [6, 6.07) is 7.90. The molecule has 5 heteroatoms. The fraction of sp³-hybridized carbons (Fsp3) is 0.533. The Morgan fingerprint density at radius 2 is 2.10 bits per heavy atom. The number of para-hydroxylation sites is 1. The van der Waals surface area contributed by atoms with Crippen molar-refractivity contribution in [1.82, 2.24) is 5.32 Å². The fourth-order valence-corrected chi connectivity index (χ4v) is 1.88. The van der Waals surface area contributed by atoms with E-state index in [1.165, 1.54) is 0 Å². The first kappa shape index (κ1) is 16.8. The Balaban J connectivity index is 0.00000200. The molecule has 1 aromatic rings. The van der Waals surface area contributed by atoms with E-state index in [1.807, 2.05) is 38.1 Å². The zero-order valence-corrected chi connectivity index (χ0v) is 12.8. The number of hydrogen-bond acceptors (Lipinski definition) is 3. The van der Waals surface area contributed by atoms with Crippen molar-refractivity contribution in [3.63, 3.8) is 0 Å². The summed E-state index contributed by atoms with van der Waals surface area (Å²) in [5.74, 6) is 0.816. The first-order valence-electron chi connectivity index (χ1n) is 6.84. The molecule has 0 aliphatic heterocycles. The number of ether oxygens (including phenoxy) is 1. The molecule has 1 saturated carbocycles. The molecule has 1 aliphatic carbocycles. The van der Waals surface area contributed by atoms with Gasteiger partial charge in [0.25, 0.3) is 0 Å². The second-order valence-electron chi connectivity index (χ2n) is 5.28. The molecule has 3 N–H and O–H groups in total. The largest absolute Gasteiger partial charge is 0.488 e. The summed E-state index contributed by atoms with van der Waals surface area (Å²) in [5.41, 5.74) is 6.33. The summed E-state index contributed by atoms with van der Waals surface area (Å²) in [7, 11) is 0. The van der Waals surface area contributed by atoms with Crippen LogP contribution in [-0.2, 0) is 4.79 Å². The van der Waals surface area contributed by atoms with Crippen LogP contribution in [0, 0.1) is 6.92 Å². The van der Waals surface area contributed by atoms with Crippen molar-refractivity contribution < 1.29 is 9.53 Å². The highest BCUT2D eigenvalue weighted by atomic mass is 35.5. The van der Waals surface area contributed by atoms with Gasteiger partial charge in [-0.3, -0.25) is 4.79 Å². The van der Waals surface area contributed by atoms with Crippen LogP contribution in [0.4, 0.5) is 0 Å². The first-order chi connectivity index (χ1) is 9.05. The normalized spacial score (nSPS) is 16.8. The maximum Gasteiger partial charge on any atom is 0.240 e. The Labute approximate surface area is 126 Å². The van der Waals surface area contributed by atoms with Crippen molar-refractivity contribution in [3.8, 4) is 5.75 Å². The molecular formula is C15H23ClN2O2. The molecule has 0 spiro atoms. The smallest absolute Gasteiger partial charge is 0.240 e. The highest BCUT2D eigenvalue weighted by molar-refractivity contribution is 5.88. The molecule has 0 radical (unpaired) electrons. The predicted octanol–water partition coefficient (Wildman–Crippen LogP) is 2.18. The zero-order chi connectivity index (χ0) is 13.9. The SMILES string of the molecule is CCC(CNC(=O)C1(N)CC1)Oc1ccccc1C.Cl. The van der Waals surface area contributed by atoms with Gasteiger partial charge >= 0.3 is 0 Å². The molecule has 2 rings (SSSR count). The van der Waals surface area contributed by atoms with Gasteiger partial charge in [0.15, 0.2) is 0 Å². The molecule has 0 heterocycles. The van der Waals surface area contributed by atoms with Gasteiger partial charge in [0.05, 0.1) is 12.1 Å². The predicted molar refractivity (Wildman–Crippen MR) is 82.3 cm³/mol. The minimum absolute atomic E-state index is 0. The van der Waals surface area contributed by atoms with Crippen molar-refractivity contribution in [1.29, 1.82) is 0 Å². The molecule has 1 unspecified atom stereocenters. The molecule has 1 fully saturated rings. The zero-order valence-electron chi connectivity index (χ0n) is 12.0. The third-order valence-corrected chi connectivity index (χ3v) is 3.57. The van der Waals surface area contributed by atoms with Gasteiger partial charge in [0.2, 0.25) is 5.91 Å². The van der Waals surface area contributed by atoms with E-state index in [2.05, 4.69) is 5.32 Å². The number of aryl methyl sites for hydroxylation is 1. The number of carbonyl (C=O) groups is 1. The second-order valence-corrected chi connectivity index (χ2v) is 5.28. The molecular weight excluding hydrogens is 276 g/mol. The van der Waals surface area contributed by atoms with Gasteiger partial charge in [-0.1, -0.05) is 25.1 Å². The van der Waals surface area contributed by atoms with E-state index in [-0.39, 0.29) is 24.4 Å². The molecule has 1 atom stereocenters. The Bertz CT molecular complexity index is 461. The summed E-state index contributed by atoms with van der Waals surface area (Å²) in [5, 5.41) is 2.89. The topological polar surface area (TPSA) is 64.4 Å². The maximum absolute atomic E-state index is 11.8. The van der Waals surface area contributed by atoms with E-state index in [0.717, 1.165) is 30.6 Å². The van der Waals surface area contributed by atoms with Crippen molar-refractivity contribution in [3.05, 3.63) is 29.8 Å². The number of carbonyl (C=O) groups excluding carboxylic acids is 1. The molecule has 1 aliphatic rings. The Morgan fingerprint density at radius 3 is 2.65 bits per heavy atom. The molecule has 20 heavy (non-hydrogen) atoms. The average Bonchev–Trinajstić information content (AvgIpc) is 3.15. The third-order valence-electron chi connectivity index (χ3n) is 3.57. The molecule has 0 aromatic heterocycles. The molecule has 4 nitrogen and oxygen atoms in total. The Hall–Kier alpha value is -1.26. The van der Waals surface area contributed by atoms with Crippen LogP contribution >= 0.6 is 12.4 Å². The maximum atomic E-state index is 11.8. The van der Waals surface area contributed by atoms with Gasteiger partial charge in [-0.2, -0.15) is 0 Å². The van der Waals surface area contributed by atoms with E-state index in [4.69, 9.17) is 10.5 Å². The van der Waals surface area contributed by atoms with Gasteiger partial charge in [0.1, 0.15) is 11.9 Å². The lowest BCUT2D eigenvalue weighted by Gasteiger charge is -2.20. The van der Waals surface area contributed by atoms with Gasteiger partial charge < -0.3 is 15.8 Å². The third kappa shape index (κ3) is 4.12. The first-order valence-corrected chi connectivity index (χ1v) is 6.84. The molecule has 1 aromatic carbocycles. The molecule has 1 amide bonds. The fourth-order valence-electron chi connectivity index (χ4n) is 1.88. The number of nitrogens with two attached hydrogens (primary N) is 1. The standard InChI is InChI=1S/C15H22N2O2.ClH/c1-3-12(10-17-14(18)15(16)8-9-15)19-13-7-5-4-6-11(13)2;/h4-7,12H,3,8-10,16H2,1-2H3,(H,17,18);1H. The lowest BCUT2D eigenvalue weighted by molar-refractivity contribution is -0.123. The van der Waals surface area contributed by atoms with Crippen molar-refractivity contribution in [2.24, 2.45) is 5.73 Å². The molecule has 0 bridgehead atoms. The van der Waals surface area contributed by atoms with Crippen LogP contribution in [0.2, 0.25) is 0 Å². The Kier molecular flexibility index (Phi) is 5.84. The van der Waals surface area contributed by atoms with Crippen LogP contribution < -0.4 is 15.8 Å².